The van der Waals surface area contributed by atoms with E-state index in [1.807, 2.05) is 24.3 Å². The van der Waals surface area contributed by atoms with Crippen LogP contribution in [0.25, 0.3) is 10.9 Å². The molecule has 0 aliphatic rings. The molecule has 1 aromatic heterocycles. The summed E-state index contributed by atoms with van der Waals surface area (Å²) in [6.45, 7) is 0.331. The first-order valence-electron chi connectivity index (χ1n) is 4.60. The number of nitrogens with two attached hydrogens (primary N) is 2. The Kier molecular flexibility index (Phi) is 2.81. The second-order valence-corrected chi connectivity index (χ2v) is 3.58. The smallest absolute Gasteiger partial charge is 0.223 e. The van der Waals surface area contributed by atoms with Crippen molar-refractivity contribution < 1.29 is 0 Å². The molecule has 1 aromatic carbocycles. The maximum absolute atomic E-state index is 5.86. The fraction of sp³-hybridized carbons (Fsp3) is 0.200. The predicted molar refractivity (Wildman–Crippen MR) is 60.5 cm³/mol. The van der Waals surface area contributed by atoms with Crippen molar-refractivity contribution in [1.82, 2.24) is 9.97 Å². The van der Waals surface area contributed by atoms with E-state index in [1.165, 1.54) is 0 Å². The van der Waals surface area contributed by atoms with Gasteiger partial charge in [-0.1, -0.05) is 18.2 Å². The Labute approximate surface area is 92.3 Å². The molecule has 0 bridgehead atoms. The Morgan fingerprint density at radius 2 is 2.00 bits per heavy atom. The summed E-state index contributed by atoms with van der Waals surface area (Å²) in [6, 6.07) is 7.28. The molecule has 1 unspecified atom stereocenters. The van der Waals surface area contributed by atoms with E-state index in [4.69, 9.17) is 23.1 Å². The molecule has 0 saturated heterocycles. The molecule has 2 rings (SSSR count). The minimum atomic E-state index is -0.310. The van der Waals surface area contributed by atoms with Crippen LogP contribution in [0.1, 0.15) is 11.7 Å². The largest absolute Gasteiger partial charge is 0.329 e. The summed E-state index contributed by atoms with van der Waals surface area (Å²) in [5.41, 5.74) is 12.9. The van der Waals surface area contributed by atoms with Gasteiger partial charge < -0.3 is 11.5 Å². The normalized spacial score (nSPS) is 13.0. The summed E-state index contributed by atoms with van der Waals surface area (Å²) >= 11 is 5.81. The third kappa shape index (κ3) is 1.92. The van der Waals surface area contributed by atoms with E-state index in [2.05, 4.69) is 9.97 Å². The highest BCUT2D eigenvalue weighted by atomic mass is 35.5. The first-order chi connectivity index (χ1) is 7.22. The molecule has 15 heavy (non-hydrogen) atoms. The fourth-order valence-corrected chi connectivity index (χ4v) is 1.65. The van der Waals surface area contributed by atoms with Crippen LogP contribution in [0, 0.1) is 0 Å². The lowest BCUT2D eigenvalue weighted by atomic mass is 10.1. The van der Waals surface area contributed by atoms with Crippen molar-refractivity contribution in [3.05, 3.63) is 35.2 Å². The van der Waals surface area contributed by atoms with Gasteiger partial charge in [0, 0.05) is 11.9 Å². The van der Waals surface area contributed by atoms with Crippen molar-refractivity contribution >= 4 is 22.5 Å². The van der Waals surface area contributed by atoms with E-state index >= 15 is 0 Å². The van der Waals surface area contributed by atoms with Crippen molar-refractivity contribution in [2.24, 2.45) is 11.5 Å². The van der Waals surface area contributed by atoms with Crippen molar-refractivity contribution in [2.45, 2.75) is 6.04 Å². The fourth-order valence-electron chi connectivity index (χ4n) is 1.47. The maximum atomic E-state index is 5.86. The third-order valence-electron chi connectivity index (χ3n) is 2.21. The Bertz CT molecular complexity index is 486. The molecule has 0 amide bonds. The quantitative estimate of drug-likeness (QED) is 0.750. The monoisotopic (exact) mass is 222 g/mol. The lowest BCUT2D eigenvalue weighted by Gasteiger charge is -2.11. The highest BCUT2D eigenvalue weighted by molar-refractivity contribution is 6.28. The van der Waals surface area contributed by atoms with Crippen molar-refractivity contribution in [2.75, 3.05) is 6.54 Å². The topological polar surface area (TPSA) is 77.8 Å². The Balaban J connectivity index is 2.71. The number of halogens is 1. The number of fused-ring (bicyclic) bond motifs is 1. The summed E-state index contributed by atoms with van der Waals surface area (Å²) in [5.74, 6) is 0. The van der Waals surface area contributed by atoms with E-state index in [0.717, 1.165) is 10.9 Å². The van der Waals surface area contributed by atoms with Gasteiger partial charge in [0.05, 0.1) is 17.3 Å². The van der Waals surface area contributed by atoms with Crippen molar-refractivity contribution in [1.29, 1.82) is 0 Å². The molecule has 0 spiro atoms. The number of rotatable bonds is 2. The minimum absolute atomic E-state index is 0.201. The van der Waals surface area contributed by atoms with Crippen LogP contribution in [-0.4, -0.2) is 16.5 Å². The van der Waals surface area contributed by atoms with Gasteiger partial charge in [0.15, 0.2) is 0 Å². The first kappa shape index (κ1) is 10.3. The van der Waals surface area contributed by atoms with Gasteiger partial charge in [0.2, 0.25) is 5.28 Å². The van der Waals surface area contributed by atoms with E-state index in [0.29, 0.717) is 12.2 Å². The molecule has 4 N–H and O–H groups in total. The van der Waals surface area contributed by atoms with Crippen molar-refractivity contribution in [3.8, 4) is 0 Å². The number of aromatic nitrogens is 2. The highest BCUT2D eigenvalue weighted by Crippen LogP contribution is 2.21. The molecule has 0 saturated carbocycles. The molecule has 1 heterocycles. The van der Waals surface area contributed by atoms with Gasteiger partial charge in [-0.3, -0.25) is 0 Å². The zero-order valence-corrected chi connectivity index (χ0v) is 8.78. The van der Waals surface area contributed by atoms with Crippen LogP contribution < -0.4 is 11.5 Å². The lowest BCUT2D eigenvalue weighted by molar-refractivity contribution is 0.716. The zero-order chi connectivity index (χ0) is 10.8. The molecule has 2 aromatic rings. The Morgan fingerprint density at radius 3 is 2.73 bits per heavy atom. The summed E-state index contributed by atoms with van der Waals surface area (Å²) in [7, 11) is 0. The van der Waals surface area contributed by atoms with Crippen LogP contribution in [0.4, 0.5) is 0 Å². The first-order valence-corrected chi connectivity index (χ1v) is 4.98. The molecular formula is C10H11ClN4. The van der Waals surface area contributed by atoms with E-state index in [-0.39, 0.29) is 11.3 Å². The molecule has 5 heteroatoms. The third-order valence-corrected chi connectivity index (χ3v) is 2.38. The van der Waals surface area contributed by atoms with Gasteiger partial charge in [0.1, 0.15) is 0 Å². The number of nitrogens with zero attached hydrogens (tertiary/aromatic N) is 2. The molecule has 1 atom stereocenters. The van der Waals surface area contributed by atoms with Crippen LogP contribution in [-0.2, 0) is 0 Å². The van der Waals surface area contributed by atoms with Crippen LogP contribution >= 0.6 is 11.6 Å². The van der Waals surface area contributed by atoms with E-state index < -0.39 is 0 Å². The SMILES string of the molecule is NCC(N)c1nc(Cl)nc2ccccc12. The second kappa shape index (κ2) is 4.10. The lowest BCUT2D eigenvalue weighted by Crippen LogP contribution is -2.22. The average molecular weight is 223 g/mol. The van der Waals surface area contributed by atoms with Gasteiger partial charge in [0.25, 0.3) is 0 Å². The molecule has 0 radical (unpaired) electrons. The van der Waals surface area contributed by atoms with Gasteiger partial charge in [-0.25, -0.2) is 9.97 Å². The molecule has 0 aliphatic heterocycles. The van der Waals surface area contributed by atoms with Gasteiger partial charge >= 0.3 is 0 Å². The van der Waals surface area contributed by atoms with Crippen molar-refractivity contribution in [3.63, 3.8) is 0 Å². The van der Waals surface area contributed by atoms with Gasteiger partial charge in [-0.05, 0) is 17.7 Å². The molecule has 4 nitrogen and oxygen atoms in total. The number of hydrogen-bond acceptors (Lipinski definition) is 4. The minimum Gasteiger partial charge on any atom is -0.329 e. The maximum Gasteiger partial charge on any atom is 0.223 e. The van der Waals surface area contributed by atoms with Gasteiger partial charge in [-0.15, -0.1) is 0 Å². The zero-order valence-electron chi connectivity index (χ0n) is 8.02. The van der Waals surface area contributed by atoms with Crippen LogP contribution in [0.5, 0.6) is 0 Å². The standard InChI is InChI=1S/C10H11ClN4/c11-10-14-8-4-2-1-3-6(8)9(15-10)7(13)5-12/h1-4,7H,5,12-13H2. The molecule has 0 aliphatic carbocycles. The second-order valence-electron chi connectivity index (χ2n) is 3.24. The van der Waals surface area contributed by atoms with Crippen LogP contribution in [0.3, 0.4) is 0 Å². The highest BCUT2D eigenvalue weighted by Gasteiger charge is 2.11. The van der Waals surface area contributed by atoms with Crippen LogP contribution in [0.15, 0.2) is 24.3 Å². The predicted octanol–water partition coefficient (Wildman–Crippen LogP) is 1.24. The number of para-hydroxylation sites is 1. The van der Waals surface area contributed by atoms with Crippen LogP contribution in [0.2, 0.25) is 5.28 Å². The molecule has 78 valence electrons. The van der Waals surface area contributed by atoms with Gasteiger partial charge in [-0.2, -0.15) is 0 Å². The average Bonchev–Trinajstić information content (AvgIpc) is 2.26. The van der Waals surface area contributed by atoms with E-state index in [1.54, 1.807) is 0 Å². The summed E-state index contributed by atoms with van der Waals surface area (Å²) in [5, 5.41) is 1.10. The molecular weight excluding hydrogens is 212 g/mol. The summed E-state index contributed by atoms with van der Waals surface area (Å²) < 4.78 is 0. The summed E-state index contributed by atoms with van der Waals surface area (Å²) in [4.78, 5) is 8.23. The number of benzene rings is 1. The number of hydrogen-bond donors (Lipinski definition) is 2. The summed E-state index contributed by atoms with van der Waals surface area (Å²) in [6.07, 6.45) is 0. The Hall–Kier alpha value is -1.23. The van der Waals surface area contributed by atoms with E-state index in [9.17, 15) is 0 Å². The molecule has 0 fully saturated rings. The Morgan fingerprint density at radius 1 is 1.27 bits per heavy atom.